The van der Waals surface area contributed by atoms with Crippen molar-refractivity contribution in [2.24, 2.45) is 5.10 Å². The van der Waals surface area contributed by atoms with Crippen LogP contribution in [0, 0.1) is 0 Å². The third-order valence-electron chi connectivity index (χ3n) is 4.66. The lowest BCUT2D eigenvalue weighted by atomic mass is 9.97. The first kappa shape index (κ1) is 14.8. The molecule has 0 fully saturated rings. The summed E-state index contributed by atoms with van der Waals surface area (Å²) in [5.74, 6) is 1.74. The summed E-state index contributed by atoms with van der Waals surface area (Å²) >= 11 is 3.49. The molecule has 1 aromatic heterocycles. The van der Waals surface area contributed by atoms with Crippen molar-refractivity contribution < 1.29 is 9.15 Å². The van der Waals surface area contributed by atoms with Gasteiger partial charge in [0, 0.05) is 22.0 Å². The van der Waals surface area contributed by atoms with Gasteiger partial charge in [0.25, 0.3) is 0 Å². The molecular weight excluding hydrogens is 380 g/mol. The summed E-state index contributed by atoms with van der Waals surface area (Å²) in [5, 5.41) is 6.91. The first-order valence-corrected chi connectivity index (χ1v) is 8.99. The van der Waals surface area contributed by atoms with Crippen LogP contribution < -0.4 is 4.74 Å². The Morgan fingerprint density at radius 1 is 1.00 bits per heavy atom. The van der Waals surface area contributed by atoms with E-state index in [1.807, 2.05) is 42.5 Å². The number of halogens is 1. The molecule has 25 heavy (non-hydrogen) atoms. The Kier molecular flexibility index (Phi) is 3.41. The number of ether oxygens (including phenoxy) is 1. The molecule has 0 radical (unpaired) electrons. The maximum Gasteiger partial charge on any atom is 0.213 e. The maximum atomic E-state index is 6.31. The minimum absolute atomic E-state index is 0.152. The number of furan rings is 1. The lowest BCUT2D eigenvalue weighted by Crippen LogP contribution is -2.33. The second-order valence-electron chi connectivity index (χ2n) is 6.18. The molecule has 0 spiro atoms. The van der Waals surface area contributed by atoms with Crippen molar-refractivity contribution in [3.63, 3.8) is 0 Å². The summed E-state index contributed by atoms with van der Waals surface area (Å²) in [5.41, 5.74) is 3.20. The third kappa shape index (κ3) is 2.46. The first-order chi connectivity index (χ1) is 12.3. The number of hydrogen-bond acceptors (Lipinski definition) is 4. The fraction of sp³-hybridized carbons (Fsp3) is 0.150. The summed E-state index contributed by atoms with van der Waals surface area (Å²) in [7, 11) is 0. The lowest BCUT2D eigenvalue weighted by molar-refractivity contribution is -0.0190. The Labute approximate surface area is 153 Å². The van der Waals surface area contributed by atoms with E-state index in [9.17, 15) is 0 Å². The molecule has 2 aromatic carbocycles. The topological polar surface area (TPSA) is 38.0 Å². The Balaban J connectivity index is 1.60. The van der Waals surface area contributed by atoms with Crippen LogP contribution >= 0.6 is 15.9 Å². The highest BCUT2D eigenvalue weighted by atomic mass is 79.9. The molecule has 124 valence electrons. The summed E-state index contributed by atoms with van der Waals surface area (Å²) in [6.07, 6.45) is 2.24. The summed E-state index contributed by atoms with van der Waals surface area (Å²) in [4.78, 5) is 0. The van der Waals surface area contributed by atoms with Crippen LogP contribution in [0.3, 0.4) is 0 Å². The van der Waals surface area contributed by atoms with E-state index in [2.05, 4.69) is 39.1 Å². The quantitative estimate of drug-likeness (QED) is 0.592. The molecule has 0 amide bonds. The monoisotopic (exact) mass is 394 g/mol. The molecule has 5 heteroatoms. The van der Waals surface area contributed by atoms with Gasteiger partial charge in [0.15, 0.2) is 0 Å². The predicted octanol–water partition coefficient (Wildman–Crippen LogP) is 5.28. The van der Waals surface area contributed by atoms with Crippen molar-refractivity contribution in [2.45, 2.75) is 18.7 Å². The van der Waals surface area contributed by atoms with Gasteiger partial charge < -0.3 is 9.15 Å². The van der Waals surface area contributed by atoms with E-state index in [-0.39, 0.29) is 12.3 Å². The lowest BCUT2D eigenvalue weighted by Gasteiger charge is -2.38. The van der Waals surface area contributed by atoms with E-state index in [0.29, 0.717) is 0 Å². The number of benzene rings is 2. The highest BCUT2D eigenvalue weighted by Gasteiger charge is 2.41. The molecule has 0 bridgehead atoms. The number of fused-ring (bicyclic) bond motifs is 3. The summed E-state index contributed by atoms with van der Waals surface area (Å²) < 4.78 is 12.9. The van der Waals surface area contributed by atoms with Gasteiger partial charge in [-0.1, -0.05) is 46.3 Å². The zero-order valence-corrected chi connectivity index (χ0v) is 14.9. The largest absolute Gasteiger partial charge is 0.464 e. The molecule has 5 rings (SSSR count). The van der Waals surface area contributed by atoms with Gasteiger partial charge in [-0.3, -0.25) is 0 Å². The number of rotatable bonds is 2. The van der Waals surface area contributed by atoms with Crippen LogP contribution in [-0.4, -0.2) is 10.7 Å². The highest BCUT2D eigenvalue weighted by Crippen LogP contribution is 2.47. The summed E-state index contributed by atoms with van der Waals surface area (Å²) in [6, 6.07) is 20.4. The molecule has 2 atom stereocenters. The zero-order valence-electron chi connectivity index (χ0n) is 13.3. The molecule has 0 N–H and O–H groups in total. The molecule has 3 heterocycles. The van der Waals surface area contributed by atoms with Crippen LogP contribution in [0.25, 0.3) is 0 Å². The van der Waals surface area contributed by atoms with Crippen molar-refractivity contribution in [1.82, 2.24) is 5.01 Å². The third-order valence-corrected chi connectivity index (χ3v) is 5.19. The zero-order chi connectivity index (χ0) is 16.8. The van der Waals surface area contributed by atoms with E-state index >= 15 is 0 Å². The molecule has 2 aliphatic rings. The van der Waals surface area contributed by atoms with Gasteiger partial charge in [0.1, 0.15) is 17.2 Å². The molecule has 2 aliphatic heterocycles. The summed E-state index contributed by atoms with van der Waals surface area (Å²) in [6.45, 7) is 0. The number of para-hydroxylation sites is 1. The van der Waals surface area contributed by atoms with Crippen molar-refractivity contribution in [2.75, 3.05) is 0 Å². The first-order valence-electron chi connectivity index (χ1n) is 8.20. The van der Waals surface area contributed by atoms with Gasteiger partial charge >= 0.3 is 0 Å². The van der Waals surface area contributed by atoms with Crippen LogP contribution in [-0.2, 0) is 0 Å². The fourth-order valence-electron chi connectivity index (χ4n) is 3.47. The number of hydrogen-bond donors (Lipinski definition) is 0. The van der Waals surface area contributed by atoms with Crippen LogP contribution in [0.2, 0.25) is 0 Å². The Morgan fingerprint density at radius 3 is 2.64 bits per heavy atom. The van der Waals surface area contributed by atoms with Gasteiger partial charge in [0.2, 0.25) is 6.23 Å². The second-order valence-corrected chi connectivity index (χ2v) is 7.10. The molecule has 0 saturated heterocycles. The van der Waals surface area contributed by atoms with Gasteiger partial charge in [-0.2, -0.15) is 5.10 Å². The highest BCUT2D eigenvalue weighted by molar-refractivity contribution is 9.10. The molecule has 0 aliphatic carbocycles. The maximum absolute atomic E-state index is 6.31. The average Bonchev–Trinajstić information content (AvgIpc) is 3.31. The minimum atomic E-state index is -0.250. The smallest absolute Gasteiger partial charge is 0.213 e. The fourth-order valence-corrected chi connectivity index (χ4v) is 3.74. The standard InChI is InChI=1S/C20H15BrN2O2/c21-14-9-7-13(8-10-14)20-23-17(15-4-1-2-5-18(15)25-20)12-16(22-23)19-6-3-11-24-19/h1-11,17,20H,12H2/t17-,20-/m1/s1. The van der Waals surface area contributed by atoms with E-state index in [0.717, 1.165) is 33.7 Å². The second kappa shape index (κ2) is 5.77. The normalized spacial score (nSPS) is 21.3. The average molecular weight is 395 g/mol. The van der Waals surface area contributed by atoms with E-state index in [1.54, 1.807) is 6.26 Å². The Hall–Kier alpha value is -2.53. The molecular formula is C20H15BrN2O2. The van der Waals surface area contributed by atoms with Crippen molar-refractivity contribution in [1.29, 1.82) is 0 Å². The Bertz CT molecular complexity index is 935. The van der Waals surface area contributed by atoms with Crippen LogP contribution in [0.5, 0.6) is 5.75 Å². The van der Waals surface area contributed by atoms with Crippen molar-refractivity contribution >= 4 is 21.6 Å². The van der Waals surface area contributed by atoms with Crippen LogP contribution in [0.4, 0.5) is 0 Å². The van der Waals surface area contributed by atoms with Gasteiger partial charge in [0.05, 0.1) is 12.3 Å². The van der Waals surface area contributed by atoms with E-state index < -0.39 is 0 Å². The molecule has 0 saturated carbocycles. The van der Waals surface area contributed by atoms with Gasteiger partial charge in [-0.15, -0.1) is 0 Å². The van der Waals surface area contributed by atoms with E-state index in [4.69, 9.17) is 14.3 Å². The van der Waals surface area contributed by atoms with Gasteiger partial charge in [-0.25, -0.2) is 5.01 Å². The van der Waals surface area contributed by atoms with Crippen LogP contribution in [0.1, 0.15) is 35.6 Å². The van der Waals surface area contributed by atoms with E-state index in [1.165, 1.54) is 5.56 Å². The van der Waals surface area contributed by atoms with Gasteiger partial charge in [-0.05, 0) is 30.3 Å². The number of hydrazone groups is 1. The molecule has 0 unspecified atom stereocenters. The number of nitrogens with zero attached hydrogens (tertiary/aromatic N) is 2. The minimum Gasteiger partial charge on any atom is -0.464 e. The SMILES string of the molecule is Brc1ccc([C@H]2Oc3ccccc3[C@H]3CC(c4ccco4)=NN32)cc1. The Morgan fingerprint density at radius 2 is 1.84 bits per heavy atom. The van der Waals surface area contributed by atoms with Crippen LogP contribution in [0.15, 0.2) is 80.9 Å². The van der Waals surface area contributed by atoms with Crippen molar-refractivity contribution in [3.8, 4) is 5.75 Å². The molecule has 4 nitrogen and oxygen atoms in total. The predicted molar refractivity (Wildman–Crippen MR) is 98.4 cm³/mol. The van der Waals surface area contributed by atoms with Crippen molar-refractivity contribution in [3.05, 3.63) is 88.3 Å². The molecule has 3 aromatic rings.